The number of anilines is 1. The van der Waals surface area contributed by atoms with Crippen molar-refractivity contribution >= 4 is 21.3 Å². The van der Waals surface area contributed by atoms with Gasteiger partial charge in [-0.25, -0.2) is 22.3 Å². The highest BCUT2D eigenvalue weighted by Crippen LogP contribution is 2.31. The van der Waals surface area contributed by atoms with Crippen molar-refractivity contribution in [2.75, 3.05) is 19.4 Å². The van der Waals surface area contributed by atoms with Gasteiger partial charge in [0.2, 0.25) is 9.84 Å². The van der Waals surface area contributed by atoms with Crippen molar-refractivity contribution in [3.63, 3.8) is 0 Å². The summed E-state index contributed by atoms with van der Waals surface area (Å²) in [7, 11) is -0.638. The Bertz CT molecular complexity index is 1050. The fraction of sp³-hybridized carbons (Fsp3) is 0.250. The van der Waals surface area contributed by atoms with Gasteiger partial charge in [-0.15, -0.1) is 5.10 Å². The molecule has 132 valence electrons. The highest BCUT2D eigenvalue weighted by Gasteiger charge is 2.29. The lowest BCUT2D eigenvalue weighted by molar-refractivity contribution is 0.591. The third-order valence-corrected chi connectivity index (χ3v) is 5.51. The largest absolute Gasteiger partial charge is 0.370 e. The van der Waals surface area contributed by atoms with Gasteiger partial charge in [0.25, 0.3) is 0 Å². The molecule has 0 fully saturated rings. The van der Waals surface area contributed by atoms with Crippen molar-refractivity contribution in [3.8, 4) is 0 Å². The second-order valence-electron chi connectivity index (χ2n) is 5.54. The summed E-state index contributed by atoms with van der Waals surface area (Å²) >= 11 is 0. The minimum Gasteiger partial charge on any atom is -0.370 e. The first-order chi connectivity index (χ1) is 11.9. The summed E-state index contributed by atoms with van der Waals surface area (Å²) in [6, 6.07) is 6.72. The molecule has 25 heavy (non-hydrogen) atoms. The maximum atomic E-state index is 13.5. The molecule has 0 aliphatic carbocycles. The van der Waals surface area contributed by atoms with E-state index >= 15 is 0 Å². The molecule has 3 rings (SSSR count). The molecule has 0 aliphatic heterocycles. The molecule has 0 saturated heterocycles. The van der Waals surface area contributed by atoms with E-state index in [-0.39, 0.29) is 21.3 Å². The highest BCUT2D eigenvalue weighted by atomic mass is 32.2. The van der Waals surface area contributed by atoms with Crippen LogP contribution in [0.4, 0.5) is 10.2 Å². The SMILES string of the molecule is CNCc1cc(C)nc2c(S(=O)(=O)c3cccc(F)c3)c(NC)nn12. The molecule has 0 bridgehead atoms. The van der Waals surface area contributed by atoms with Gasteiger partial charge >= 0.3 is 0 Å². The molecule has 0 aliphatic rings. The number of fused-ring (bicyclic) bond motifs is 1. The quantitative estimate of drug-likeness (QED) is 0.718. The molecule has 0 amide bonds. The average Bonchev–Trinajstić information content (AvgIpc) is 2.94. The Hall–Kier alpha value is -2.52. The molecule has 3 aromatic rings. The van der Waals surface area contributed by atoms with Gasteiger partial charge in [0.05, 0.1) is 10.6 Å². The van der Waals surface area contributed by atoms with E-state index in [9.17, 15) is 12.8 Å². The van der Waals surface area contributed by atoms with Crippen LogP contribution in [0.3, 0.4) is 0 Å². The van der Waals surface area contributed by atoms with Gasteiger partial charge in [0.15, 0.2) is 16.4 Å². The van der Waals surface area contributed by atoms with E-state index in [2.05, 4.69) is 20.7 Å². The molecular formula is C16H18FN5O2S. The summed E-state index contributed by atoms with van der Waals surface area (Å²) < 4.78 is 41.2. The van der Waals surface area contributed by atoms with Gasteiger partial charge < -0.3 is 10.6 Å². The summed E-state index contributed by atoms with van der Waals surface area (Å²) in [5, 5.41) is 10.2. The minimum atomic E-state index is -4.00. The van der Waals surface area contributed by atoms with E-state index in [1.54, 1.807) is 21.0 Å². The molecule has 2 heterocycles. The maximum Gasteiger partial charge on any atom is 0.214 e. The molecule has 9 heteroatoms. The second-order valence-corrected chi connectivity index (χ2v) is 7.43. The molecule has 0 atom stereocenters. The van der Waals surface area contributed by atoms with Crippen LogP contribution in [-0.4, -0.2) is 37.1 Å². The molecule has 7 nitrogen and oxygen atoms in total. The van der Waals surface area contributed by atoms with Crippen LogP contribution in [0.5, 0.6) is 0 Å². The van der Waals surface area contributed by atoms with Gasteiger partial charge in [0, 0.05) is 19.3 Å². The lowest BCUT2D eigenvalue weighted by Gasteiger charge is -2.07. The van der Waals surface area contributed by atoms with Crippen LogP contribution in [-0.2, 0) is 16.4 Å². The molecule has 0 saturated carbocycles. The van der Waals surface area contributed by atoms with Crippen LogP contribution >= 0.6 is 0 Å². The topological polar surface area (TPSA) is 88.4 Å². The number of sulfone groups is 1. The van der Waals surface area contributed by atoms with Crippen LogP contribution < -0.4 is 10.6 Å². The number of hydrogen-bond acceptors (Lipinski definition) is 6. The molecule has 2 N–H and O–H groups in total. The van der Waals surface area contributed by atoms with Gasteiger partial charge in [0.1, 0.15) is 5.82 Å². The van der Waals surface area contributed by atoms with Gasteiger partial charge in [-0.2, -0.15) is 0 Å². The predicted molar refractivity (Wildman–Crippen MR) is 91.9 cm³/mol. The molecule has 0 spiro atoms. The van der Waals surface area contributed by atoms with Gasteiger partial charge in [-0.3, -0.25) is 0 Å². The molecular weight excluding hydrogens is 345 g/mol. The van der Waals surface area contributed by atoms with E-state index in [4.69, 9.17) is 0 Å². The number of halogens is 1. The average molecular weight is 363 g/mol. The van der Waals surface area contributed by atoms with E-state index in [0.29, 0.717) is 12.2 Å². The van der Waals surface area contributed by atoms with Gasteiger partial charge in [-0.05, 0) is 38.2 Å². The minimum absolute atomic E-state index is 0.0679. The Morgan fingerprint density at radius 3 is 2.64 bits per heavy atom. The lowest BCUT2D eigenvalue weighted by atomic mass is 10.3. The second kappa shape index (κ2) is 6.41. The van der Waals surface area contributed by atoms with Crippen LogP contribution in [0, 0.1) is 12.7 Å². The Kier molecular flexibility index (Phi) is 4.44. The molecule has 0 radical (unpaired) electrons. The number of hydrogen-bond donors (Lipinski definition) is 2. The summed E-state index contributed by atoms with van der Waals surface area (Å²) in [6.07, 6.45) is 0. The van der Waals surface area contributed by atoms with Crippen LogP contribution in [0.2, 0.25) is 0 Å². The van der Waals surface area contributed by atoms with Crippen molar-refractivity contribution in [2.24, 2.45) is 0 Å². The predicted octanol–water partition coefficient (Wildman–Crippen LogP) is 1.77. The zero-order chi connectivity index (χ0) is 18.2. The van der Waals surface area contributed by atoms with E-state index < -0.39 is 15.7 Å². The Balaban J connectivity index is 2.35. The number of benzene rings is 1. The maximum absolute atomic E-state index is 13.5. The van der Waals surface area contributed by atoms with E-state index in [0.717, 1.165) is 11.8 Å². The van der Waals surface area contributed by atoms with Crippen molar-refractivity contribution in [1.29, 1.82) is 0 Å². The van der Waals surface area contributed by atoms with Crippen LogP contribution in [0.1, 0.15) is 11.4 Å². The fourth-order valence-corrected chi connectivity index (χ4v) is 4.20. The molecule has 0 unspecified atom stereocenters. The first kappa shape index (κ1) is 17.3. The van der Waals surface area contributed by atoms with Crippen molar-refractivity contribution in [3.05, 3.63) is 47.5 Å². The number of aromatic nitrogens is 3. The zero-order valence-corrected chi connectivity index (χ0v) is 14.9. The van der Waals surface area contributed by atoms with Crippen molar-refractivity contribution < 1.29 is 12.8 Å². The standard InChI is InChI=1S/C16H18FN5O2S/c1-10-7-12(9-18-2)22-16(20-10)14(15(19-3)21-22)25(23,24)13-6-4-5-11(17)8-13/h4-8,18H,9H2,1-3H3,(H,19,21). The Morgan fingerprint density at radius 2 is 2.00 bits per heavy atom. The summed E-state index contributed by atoms with van der Waals surface area (Å²) in [6.45, 7) is 2.27. The normalized spacial score (nSPS) is 11.8. The number of nitrogens with one attached hydrogen (secondary N) is 2. The van der Waals surface area contributed by atoms with Crippen molar-refractivity contribution in [2.45, 2.75) is 23.3 Å². The smallest absolute Gasteiger partial charge is 0.214 e. The number of rotatable bonds is 5. The number of nitrogens with zero attached hydrogens (tertiary/aromatic N) is 3. The Labute approximate surface area is 144 Å². The monoisotopic (exact) mass is 363 g/mol. The summed E-state index contributed by atoms with van der Waals surface area (Å²) in [4.78, 5) is 4.15. The summed E-state index contributed by atoms with van der Waals surface area (Å²) in [5.41, 5.74) is 1.64. The van der Waals surface area contributed by atoms with E-state index in [1.165, 1.54) is 22.7 Å². The fourth-order valence-electron chi connectivity index (χ4n) is 2.66. The van der Waals surface area contributed by atoms with Crippen LogP contribution in [0.25, 0.3) is 5.65 Å². The first-order valence-corrected chi connectivity index (χ1v) is 9.09. The van der Waals surface area contributed by atoms with Crippen molar-refractivity contribution in [1.82, 2.24) is 19.9 Å². The third kappa shape index (κ3) is 2.96. The Morgan fingerprint density at radius 1 is 1.24 bits per heavy atom. The molecule has 1 aromatic carbocycles. The van der Waals surface area contributed by atoms with Gasteiger partial charge in [-0.1, -0.05) is 6.07 Å². The van der Waals surface area contributed by atoms with E-state index in [1.807, 2.05) is 6.07 Å². The third-order valence-electron chi connectivity index (χ3n) is 3.72. The summed E-state index contributed by atoms with van der Waals surface area (Å²) in [5.74, 6) is -0.455. The highest BCUT2D eigenvalue weighted by molar-refractivity contribution is 7.91. The number of aryl methyl sites for hydroxylation is 1. The van der Waals surface area contributed by atoms with Crippen LogP contribution in [0.15, 0.2) is 40.1 Å². The first-order valence-electron chi connectivity index (χ1n) is 7.60. The zero-order valence-electron chi connectivity index (χ0n) is 14.0. The molecule has 2 aromatic heterocycles. The lowest BCUT2D eigenvalue weighted by Crippen LogP contribution is -2.12.